The quantitative estimate of drug-likeness (QED) is 0.680. The van der Waals surface area contributed by atoms with Crippen LogP contribution in [-0.2, 0) is 9.47 Å². The predicted molar refractivity (Wildman–Crippen MR) is 60.9 cm³/mol. The number of ether oxygens (including phenoxy) is 2. The average Bonchev–Trinajstić information content (AvgIpc) is 3.06. The van der Waals surface area contributed by atoms with E-state index < -0.39 is 0 Å². The number of fused-ring (bicyclic) bond motifs is 9. The third-order valence-electron chi connectivity index (χ3n) is 5.20. The van der Waals surface area contributed by atoms with Gasteiger partial charge in [0.25, 0.3) is 0 Å². The van der Waals surface area contributed by atoms with Crippen LogP contribution in [0.25, 0.3) is 0 Å². The molecule has 2 saturated heterocycles. The maximum Gasteiger partial charge on any atom is 0.102 e. The molecule has 8 unspecified atom stereocenters. The molecule has 17 heavy (non-hydrogen) atoms. The Morgan fingerprint density at radius 1 is 1.29 bits per heavy atom. The summed E-state index contributed by atoms with van der Waals surface area (Å²) in [6, 6.07) is 2.43. The molecule has 0 aromatic carbocycles. The Labute approximate surface area is 101 Å². The van der Waals surface area contributed by atoms with Crippen LogP contribution in [0.3, 0.4) is 0 Å². The minimum Gasteiger partial charge on any atom is -0.374 e. The van der Waals surface area contributed by atoms with E-state index >= 15 is 0 Å². The fraction of sp³-hybridized carbons (Fsp3) is 0.786. The first-order valence-corrected chi connectivity index (χ1v) is 6.70. The van der Waals surface area contributed by atoms with Crippen molar-refractivity contribution in [1.29, 1.82) is 5.26 Å². The number of hydrogen-bond acceptors (Lipinski definition) is 3. The largest absolute Gasteiger partial charge is 0.374 e. The molecule has 2 aliphatic heterocycles. The topological polar surface area (TPSA) is 42.2 Å². The van der Waals surface area contributed by atoms with Crippen molar-refractivity contribution in [2.75, 3.05) is 6.61 Å². The molecule has 0 spiro atoms. The molecular formula is C14H17NO2. The molecule has 0 amide bonds. The normalized spacial score (nSPS) is 57.4. The molecule has 0 radical (unpaired) electrons. The van der Waals surface area contributed by atoms with E-state index in [0.29, 0.717) is 30.3 Å². The fourth-order valence-corrected chi connectivity index (χ4v) is 4.74. The zero-order valence-electron chi connectivity index (χ0n) is 9.95. The first-order chi connectivity index (χ1) is 8.35. The van der Waals surface area contributed by atoms with Gasteiger partial charge in [0, 0.05) is 6.61 Å². The first kappa shape index (κ1) is 10.1. The van der Waals surface area contributed by atoms with Gasteiger partial charge in [0.2, 0.25) is 0 Å². The van der Waals surface area contributed by atoms with Crippen LogP contribution in [0.4, 0.5) is 0 Å². The average molecular weight is 231 g/mol. The molecule has 0 aromatic heterocycles. The summed E-state index contributed by atoms with van der Waals surface area (Å²) >= 11 is 0. The molecule has 2 heterocycles. The zero-order valence-corrected chi connectivity index (χ0v) is 9.95. The van der Waals surface area contributed by atoms with E-state index in [2.05, 4.69) is 18.2 Å². The molecular weight excluding hydrogens is 214 g/mol. The monoisotopic (exact) mass is 231 g/mol. The molecule has 0 aromatic rings. The third-order valence-corrected chi connectivity index (χ3v) is 5.20. The summed E-state index contributed by atoms with van der Waals surface area (Å²) in [5.74, 6) is 2.52. The Morgan fingerprint density at radius 3 is 2.65 bits per heavy atom. The SMILES string of the molecule is CCOC1C(C#N)C2OC1C1C3C=CC(C3)C21. The van der Waals surface area contributed by atoms with Crippen molar-refractivity contribution >= 4 is 0 Å². The maximum atomic E-state index is 9.35. The highest BCUT2D eigenvalue weighted by atomic mass is 16.6. The van der Waals surface area contributed by atoms with Crippen LogP contribution in [0.2, 0.25) is 0 Å². The summed E-state index contributed by atoms with van der Waals surface area (Å²) in [5.41, 5.74) is 0. The molecule has 90 valence electrons. The van der Waals surface area contributed by atoms with E-state index in [1.807, 2.05) is 6.92 Å². The van der Waals surface area contributed by atoms with Gasteiger partial charge in [-0.3, -0.25) is 0 Å². The second-order valence-electron chi connectivity index (χ2n) is 5.74. The Hall–Kier alpha value is -0.850. The van der Waals surface area contributed by atoms with Crippen molar-refractivity contribution in [1.82, 2.24) is 0 Å². The number of nitrogens with zero attached hydrogens (tertiary/aromatic N) is 1. The van der Waals surface area contributed by atoms with Crippen LogP contribution in [0.1, 0.15) is 13.3 Å². The van der Waals surface area contributed by atoms with E-state index in [0.717, 1.165) is 0 Å². The van der Waals surface area contributed by atoms with E-state index in [9.17, 15) is 5.26 Å². The van der Waals surface area contributed by atoms with E-state index in [1.165, 1.54) is 6.42 Å². The van der Waals surface area contributed by atoms with Gasteiger partial charge in [-0.15, -0.1) is 0 Å². The highest BCUT2D eigenvalue weighted by Gasteiger charge is 2.66. The van der Waals surface area contributed by atoms with Crippen molar-refractivity contribution in [2.45, 2.75) is 31.7 Å². The minimum atomic E-state index is -0.0473. The predicted octanol–water partition coefficient (Wildman–Crippen LogP) is 1.75. The van der Waals surface area contributed by atoms with Gasteiger partial charge >= 0.3 is 0 Å². The van der Waals surface area contributed by atoms with Gasteiger partial charge in [0.15, 0.2) is 0 Å². The molecule has 0 N–H and O–H groups in total. The summed E-state index contributed by atoms with van der Waals surface area (Å²) in [6.45, 7) is 2.68. The van der Waals surface area contributed by atoms with Crippen LogP contribution < -0.4 is 0 Å². The van der Waals surface area contributed by atoms with E-state index in [1.54, 1.807) is 0 Å². The lowest BCUT2D eigenvalue weighted by molar-refractivity contribution is -0.0259. The first-order valence-electron chi connectivity index (χ1n) is 6.70. The molecule has 1 saturated carbocycles. The highest BCUT2D eigenvalue weighted by molar-refractivity contribution is 5.25. The smallest absolute Gasteiger partial charge is 0.102 e. The molecule has 3 nitrogen and oxygen atoms in total. The standard InChI is InChI=1S/C14H17NO2/c1-2-16-13-9(6-15)12-10-7-3-4-8(5-7)11(10)14(13)17-12/h3-4,7-14H,2,5H2,1H3. The third kappa shape index (κ3) is 1.08. The van der Waals surface area contributed by atoms with E-state index in [-0.39, 0.29) is 24.2 Å². The van der Waals surface area contributed by atoms with Gasteiger partial charge in [-0.05, 0) is 37.0 Å². The summed E-state index contributed by atoms with van der Waals surface area (Å²) in [4.78, 5) is 0. The highest BCUT2D eigenvalue weighted by Crippen LogP contribution is 2.61. The molecule has 4 aliphatic rings. The number of nitriles is 1. The van der Waals surface area contributed by atoms with Crippen molar-refractivity contribution in [2.24, 2.45) is 29.6 Å². The minimum absolute atomic E-state index is 0.0176. The number of hydrogen-bond donors (Lipinski definition) is 0. The van der Waals surface area contributed by atoms with Crippen molar-refractivity contribution in [3.05, 3.63) is 12.2 Å². The second-order valence-corrected chi connectivity index (χ2v) is 5.74. The molecule has 3 fully saturated rings. The van der Waals surface area contributed by atoms with Gasteiger partial charge < -0.3 is 9.47 Å². The van der Waals surface area contributed by atoms with Gasteiger partial charge in [-0.2, -0.15) is 5.26 Å². The van der Waals surface area contributed by atoms with Crippen LogP contribution >= 0.6 is 0 Å². The lowest BCUT2D eigenvalue weighted by Gasteiger charge is -2.35. The zero-order chi connectivity index (χ0) is 11.6. The summed E-state index contributed by atoms with van der Waals surface area (Å²) in [5, 5.41) is 9.35. The van der Waals surface area contributed by atoms with Gasteiger partial charge in [0.05, 0.1) is 18.3 Å². The van der Waals surface area contributed by atoms with Crippen molar-refractivity contribution in [3.8, 4) is 6.07 Å². The number of allylic oxidation sites excluding steroid dienone is 2. The summed E-state index contributed by atoms with van der Waals surface area (Å²) < 4.78 is 11.9. The van der Waals surface area contributed by atoms with Crippen LogP contribution in [0, 0.1) is 40.9 Å². The summed E-state index contributed by atoms with van der Waals surface area (Å²) in [7, 11) is 0. The number of rotatable bonds is 2. The fourth-order valence-electron chi connectivity index (χ4n) is 4.74. The molecule has 2 aliphatic carbocycles. The molecule has 4 rings (SSSR count). The lowest BCUT2D eigenvalue weighted by Crippen LogP contribution is -2.45. The molecule has 8 atom stereocenters. The van der Waals surface area contributed by atoms with Crippen molar-refractivity contribution < 1.29 is 9.47 Å². The Morgan fingerprint density at radius 2 is 2.00 bits per heavy atom. The Balaban J connectivity index is 1.69. The van der Waals surface area contributed by atoms with Crippen LogP contribution in [-0.4, -0.2) is 24.9 Å². The van der Waals surface area contributed by atoms with Gasteiger partial charge in [0.1, 0.15) is 12.0 Å². The Kier molecular flexibility index (Phi) is 1.98. The Bertz CT molecular complexity index is 413. The van der Waals surface area contributed by atoms with Crippen molar-refractivity contribution in [3.63, 3.8) is 0 Å². The lowest BCUT2D eigenvalue weighted by atomic mass is 9.68. The maximum absolute atomic E-state index is 9.35. The van der Waals surface area contributed by atoms with E-state index in [4.69, 9.17) is 9.47 Å². The van der Waals surface area contributed by atoms with Crippen LogP contribution in [0.5, 0.6) is 0 Å². The van der Waals surface area contributed by atoms with Gasteiger partial charge in [-0.1, -0.05) is 12.2 Å². The van der Waals surface area contributed by atoms with Crippen LogP contribution in [0.15, 0.2) is 12.2 Å². The summed E-state index contributed by atoms with van der Waals surface area (Å²) in [6.07, 6.45) is 6.31. The van der Waals surface area contributed by atoms with Gasteiger partial charge in [-0.25, -0.2) is 0 Å². The molecule has 3 heteroatoms. The second kappa shape index (κ2) is 3.34. The molecule has 4 bridgehead atoms.